The summed E-state index contributed by atoms with van der Waals surface area (Å²) in [5.41, 5.74) is 6.13. The fraction of sp³-hybridized carbons (Fsp3) is 0. The average Bonchev–Trinajstić information content (AvgIpc) is 2.33. The maximum absolute atomic E-state index is 13.3. The summed E-state index contributed by atoms with van der Waals surface area (Å²) in [5.74, 6) is -0.944. The molecule has 0 aliphatic rings. The van der Waals surface area contributed by atoms with E-state index in [1.807, 2.05) is 0 Å². The van der Waals surface area contributed by atoms with Gasteiger partial charge >= 0.3 is 0 Å². The third kappa shape index (κ3) is 3.24. The van der Waals surface area contributed by atoms with E-state index in [2.05, 4.69) is 21.2 Å². The molecule has 0 spiro atoms. The normalized spacial score (nSPS) is 10.3. The lowest BCUT2D eigenvalue weighted by molar-refractivity contribution is 0.102. The van der Waals surface area contributed by atoms with Gasteiger partial charge in [-0.3, -0.25) is 4.79 Å². The molecule has 1 amide bonds. The predicted molar refractivity (Wildman–Crippen MR) is 77.9 cm³/mol. The fourth-order valence-electron chi connectivity index (χ4n) is 1.48. The van der Waals surface area contributed by atoms with E-state index in [-0.39, 0.29) is 11.6 Å². The molecule has 0 saturated heterocycles. The Labute approximate surface area is 122 Å². The Hall–Kier alpha value is -1.59. The summed E-state index contributed by atoms with van der Waals surface area (Å²) in [6.07, 6.45) is 0. The standard InChI is InChI=1S/C13H9BrClFN2O/c14-10-5-7(15)1-3-9(10)13(19)18-8-2-4-12(17)11(16)6-8/h1-6H,17H2,(H,18,19). The molecule has 2 aromatic rings. The number of benzene rings is 2. The molecule has 0 aliphatic heterocycles. The minimum atomic E-state index is -0.576. The second-order valence-corrected chi connectivity index (χ2v) is 5.11. The van der Waals surface area contributed by atoms with Gasteiger partial charge in [0.2, 0.25) is 0 Å². The van der Waals surface area contributed by atoms with E-state index in [1.54, 1.807) is 18.2 Å². The van der Waals surface area contributed by atoms with Crippen LogP contribution in [0.1, 0.15) is 10.4 Å². The first-order valence-electron chi connectivity index (χ1n) is 5.29. The lowest BCUT2D eigenvalue weighted by Crippen LogP contribution is -2.12. The molecule has 0 radical (unpaired) electrons. The Morgan fingerprint density at radius 1 is 1.26 bits per heavy atom. The molecule has 0 bridgehead atoms. The Balaban J connectivity index is 2.23. The minimum absolute atomic E-state index is 0.0330. The Morgan fingerprint density at radius 2 is 2.00 bits per heavy atom. The van der Waals surface area contributed by atoms with Gasteiger partial charge in [0.15, 0.2) is 0 Å². The molecular formula is C13H9BrClFN2O. The molecular weight excluding hydrogens is 335 g/mol. The molecule has 0 aliphatic carbocycles. The first-order valence-corrected chi connectivity index (χ1v) is 6.46. The van der Waals surface area contributed by atoms with Gasteiger partial charge in [-0.25, -0.2) is 4.39 Å². The number of anilines is 2. The van der Waals surface area contributed by atoms with Crippen molar-refractivity contribution in [1.82, 2.24) is 0 Å². The van der Waals surface area contributed by atoms with Crippen LogP contribution in [0.2, 0.25) is 5.02 Å². The van der Waals surface area contributed by atoms with Crippen LogP contribution < -0.4 is 11.1 Å². The zero-order chi connectivity index (χ0) is 14.0. The predicted octanol–water partition coefficient (Wildman–Crippen LogP) is 4.08. The van der Waals surface area contributed by atoms with Crippen molar-refractivity contribution in [3.8, 4) is 0 Å². The molecule has 3 nitrogen and oxygen atoms in total. The monoisotopic (exact) mass is 342 g/mol. The number of nitrogens with two attached hydrogens (primary N) is 1. The number of hydrogen-bond acceptors (Lipinski definition) is 2. The van der Waals surface area contributed by atoms with Crippen LogP contribution in [0.15, 0.2) is 40.9 Å². The van der Waals surface area contributed by atoms with Crippen LogP contribution in [0.3, 0.4) is 0 Å². The quantitative estimate of drug-likeness (QED) is 0.807. The van der Waals surface area contributed by atoms with Crippen LogP contribution in [-0.2, 0) is 0 Å². The van der Waals surface area contributed by atoms with Crippen LogP contribution >= 0.6 is 27.5 Å². The summed E-state index contributed by atoms with van der Waals surface area (Å²) < 4.78 is 13.8. The van der Waals surface area contributed by atoms with Crippen molar-refractivity contribution in [2.24, 2.45) is 0 Å². The van der Waals surface area contributed by atoms with Crippen molar-refractivity contribution in [1.29, 1.82) is 0 Å². The highest BCUT2D eigenvalue weighted by molar-refractivity contribution is 9.10. The van der Waals surface area contributed by atoms with E-state index in [4.69, 9.17) is 17.3 Å². The van der Waals surface area contributed by atoms with Gasteiger partial charge < -0.3 is 11.1 Å². The number of carbonyl (C=O) groups is 1. The molecule has 19 heavy (non-hydrogen) atoms. The largest absolute Gasteiger partial charge is 0.396 e. The van der Waals surface area contributed by atoms with Crippen molar-refractivity contribution in [2.75, 3.05) is 11.1 Å². The summed E-state index contributed by atoms with van der Waals surface area (Å²) in [7, 11) is 0. The second-order valence-electron chi connectivity index (χ2n) is 3.81. The number of nitrogen functional groups attached to an aromatic ring is 1. The molecule has 0 unspecified atom stereocenters. The Bertz CT molecular complexity index is 649. The lowest BCUT2D eigenvalue weighted by atomic mass is 10.2. The van der Waals surface area contributed by atoms with E-state index in [1.165, 1.54) is 12.1 Å². The maximum atomic E-state index is 13.3. The Morgan fingerprint density at radius 3 is 2.63 bits per heavy atom. The topological polar surface area (TPSA) is 55.1 Å². The van der Waals surface area contributed by atoms with Gasteiger partial charge in [-0.15, -0.1) is 0 Å². The maximum Gasteiger partial charge on any atom is 0.256 e. The van der Waals surface area contributed by atoms with Gasteiger partial charge in [0.05, 0.1) is 11.3 Å². The smallest absolute Gasteiger partial charge is 0.256 e. The Kier molecular flexibility index (Phi) is 4.07. The van der Waals surface area contributed by atoms with Crippen molar-refractivity contribution >= 4 is 44.8 Å². The highest BCUT2D eigenvalue weighted by Gasteiger charge is 2.11. The van der Waals surface area contributed by atoms with E-state index in [9.17, 15) is 9.18 Å². The van der Waals surface area contributed by atoms with E-state index in [0.29, 0.717) is 20.7 Å². The highest BCUT2D eigenvalue weighted by Crippen LogP contribution is 2.23. The van der Waals surface area contributed by atoms with Crippen LogP contribution in [0.4, 0.5) is 15.8 Å². The third-order valence-electron chi connectivity index (χ3n) is 2.43. The molecule has 98 valence electrons. The van der Waals surface area contributed by atoms with Crippen LogP contribution in [0, 0.1) is 5.82 Å². The zero-order valence-electron chi connectivity index (χ0n) is 9.58. The molecule has 0 heterocycles. The minimum Gasteiger partial charge on any atom is -0.396 e. The van der Waals surface area contributed by atoms with Crippen molar-refractivity contribution in [3.63, 3.8) is 0 Å². The third-order valence-corrected chi connectivity index (χ3v) is 3.33. The SMILES string of the molecule is Nc1ccc(NC(=O)c2ccc(Cl)cc2Br)cc1F. The number of nitrogens with one attached hydrogen (secondary N) is 1. The summed E-state index contributed by atoms with van der Waals surface area (Å²) in [6.45, 7) is 0. The number of rotatable bonds is 2. The fourth-order valence-corrected chi connectivity index (χ4v) is 2.34. The molecule has 2 aromatic carbocycles. The first-order chi connectivity index (χ1) is 8.97. The number of amides is 1. The zero-order valence-corrected chi connectivity index (χ0v) is 11.9. The molecule has 2 rings (SSSR count). The van der Waals surface area contributed by atoms with Gasteiger partial charge in [0.1, 0.15) is 5.82 Å². The molecule has 0 atom stereocenters. The van der Waals surface area contributed by atoms with Crippen molar-refractivity contribution in [3.05, 3.63) is 57.3 Å². The average molecular weight is 344 g/mol. The van der Waals surface area contributed by atoms with Gasteiger partial charge in [-0.2, -0.15) is 0 Å². The first kappa shape index (κ1) is 13.8. The van der Waals surface area contributed by atoms with Gasteiger partial charge in [-0.05, 0) is 52.3 Å². The summed E-state index contributed by atoms with van der Waals surface area (Å²) in [6, 6.07) is 8.87. The van der Waals surface area contributed by atoms with Gasteiger partial charge in [0.25, 0.3) is 5.91 Å². The van der Waals surface area contributed by atoms with Crippen LogP contribution in [0.25, 0.3) is 0 Å². The van der Waals surface area contributed by atoms with Gasteiger partial charge in [-0.1, -0.05) is 11.6 Å². The summed E-state index contributed by atoms with van der Waals surface area (Å²) in [4.78, 5) is 12.0. The van der Waals surface area contributed by atoms with Gasteiger partial charge in [0, 0.05) is 15.2 Å². The van der Waals surface area contributed by atoms with Crippen LogP contribution in [-0.4, -0.2) is 5.91 Å². The highest BCUT2D eigenvalue weighted by atomic mass is 79.9. The van der Waals surface area contributed by atoms with E-state index < -0.39 is 5.82 Å². The summed E-state index contributed by atoms with van der Waals surface area (Å²) in [5, 5.41) is 3.09. The van der Waals surface area contributed by atoms with E-state index >= 15 is 0 Å². The van der Waals surface area contributed by atoms with Crippen LogP contribution in [0.5, 0.6) is 0 Å². The van der Waals surface area contributed by atoms with E-state index in [0.717, 1.165) is 6.07 Å². The lowest BCUT2D eigenvalue weighted by Gasteiger charge is -2.08. The number of halogens is 3. The molecule has 6 heteroatoms. The molecule has 0 saturated carbocycles. The number of hydrogen-bond donors (Lipinski definition) is 2. The number of carbonyl (C=O) groups excluding carboxylic acids is 1. The van der Waals surface area contributed by atoms with Crippen molar-refractivity contribution < 1.29 is 9.18 Å². The summed E-state index contributed by atoms with van der Waals surface area (Å²) >= 11 is 9.04. The molecule has 0 fully saturated rings. The second kappa shape index (κ2) is 5.59. The van der Waals surface area contributed by atoms with Crippen molar-refractivity contribution in [2.45, 2.75) is 0 Å². The molecule has 3 N–H and O–H groups in total. The molecule has 0 aromatic heterocycles.